The molecule has 3 heteroatoms. The van der Waals surface area contributed by atoms with Crippen molar-refractivity contribution in [3.63, 3.8) is 0 Å². The van der Waals surface area contributed by atoms with E-state index < -0.39 is 0 Å². The third kappa shape index (κ3) is 2.84. The number of aldehydes is 2. The van der Waals surface area contributed by atoms with E-state index in [1.807, 2.05) is 60.7 Å². The Morgan fingerprint density at radius 1 is 0.552 bits per heavy atom. The van der Waals surface area contributed by atoms with Gasteiger partial charge in [0.2, 0.25) is 0 Å². The van der Waals surface area contributed by atoms with Gasteiger partial charge in [0.25, 0.3) is 0 Å². The summed E-state index contributed by atoms with van der Waals surface area (Å²) < 4.78 is 2.22. The lowest BCUT2D eigenvalue weighted by atomic mass is 10.0. The van der Waals surface area contributed by atoms with Crippen LogP contribution in [0.15, 0.2) is 91.0 Å². The van der Waals surface area contributed by atoms with Crippen molar-refractivity contribution in [3.8, 4) is 16.8 Å². The van der Waals surface area contributed by atoms with E-state index in [1.165, 1.54) is 5.39 Å². The van der Waals surface area contributed by atoms with Crippen molar-refractivity contribution in [2.24, 2.45) is 0 Å². The van der Waals surface area contributed by atoms with Crippen molar-refractivity contribution in [2.45, 2.75) is 0 Å². The van der Waals surface area contributed by atoms with Crippen LogP contribution >= 0.6 is 0 Å². The van der Waals surface area contributed by atoms with Crippen LogP contribution in [0.4, 0.5) is 0 Å². The van der Waals surface area contributed by atoms with Gasteiger partial charge in [-0.15, -0.1) is 0 Å². The molecule has 0 saturated heterocycles. The summed E-state index contributed by atoms with van der Waals surface area (Å²) in [5, 5.41) is 2.34. The minimum Gasteiger partial charge on any atom is -0.309 e. The Labute approximate surface area is 167 Å². The molecular formula is C26H17NO2. The summed E-state index contributed by atoms with van der Waals surface area (Å²) in [5.41, 5.74) is 6.76. The molecule has 0 aliphatic heterocycles. The van der Waals surface area contributed by atoms with Gasteiger partial charge < -0.3 is 4.57 Å². The number of rotatable bonds is 4. The number of benzene rings is 4. The monoisotopic (exact) mass is 375 g/mol. The highest BCUT2D eigenvalue weighted by Gasteiger charge is 2.13. The zero-order valence-electron chi connectivity index (χ0n) is 15.6. The summed E-state index contributed by atoms with van der Waals surface area (Å²) in [7, 11) is 0. The molecule has 0 unspecified atom stereocenters. The van der Waals surface area contributed by atoms with Gasteiger partial charge in [-0.25, -0.2) is 0 Å². The van der Waals surface area contributed by atoms with Crippen molar-refractivity contribution >= 4 is 34.4 Å². The quantitative estimate of drug-likeness (QED) is 0.357. The Bertz CT molecular complexity index is 1360. The fraction of sp³-hybridized carbons (Fsp3) is 0. The van der Waals surface area contributed by atoms with Gasteiger partial charge in [0.15, 0.2) is 0 Å². The van der Waals surface area contributed by atoms with Crippen molar-refractivity contribution in [2.75, 3.05) is 0 Å². The van der Waals surface area contributed by atoms with Crippen LogP contribution in [0.5, 0.6) is 0 Å². The average Bonchev–Trinajstić information content (AvgIpc) is 3.13. The van der Waals surface area contributed by atoms with Crippen LogP contribution in [0.3, 0.4) is 0 Å². The second-order valence-corrected chi connectivity index (χ2v) is 7.03. The molecule has 0 N–H and O–H groups in total. The van der Waals surface area contributed by atoms with Crippen molar-refractivity contribution in [1.82, 2.24) is 4.57 Å². The predicted molar refractivity (Wildman–Crippen MR) is 117 cm³/mol. The molecule has 0 spiro atoms. The van der Waals surface area contributed by atoms with Crippen LogP contribution in [-0.2, 0) is 0 Å². The first-order valence-electron chi connectivity index (χ1n) is 9.43. The van der Waals surface area contributed by atoms with E-state index >= 15 is 0 Å². The smallest absolute Gasteiger partial charge is 0.150 e. The molecular weight excluding hydrogens is 358 g/mol. The highest BCUT2D eigenvalue weighted by atomic mass is 16.1. The Morgan fingerprint density at radius 2 is 1.14 bits per heavy atom. The van der Waals surface area contributed by atoms with E-state index in [-0.39, 0.29) is 0 Å². The Morgan fingerprint density at radius 3 is 1.83 bits per heavy atom. The third-order valence-electron chi connectivity index (χ3n) is 5.34. The van der Waals surface area contributed by atoms with E-state index in [1.54, 1.807) is 0 Å². The van der Waals surface area contributed by atoms with E-state index in [0.717, 1.165) is 45.8 Å². The second kappa shape index (κ2) is 6.88. The van der Waals surface area contributed by atoms with Gasteiger partial charge in [0, 0.05) is 27.6 Å². The summed E-state index contributed by atoms with van der Waals surface area (Å²) in [4.78, 5) is 21.9. The Hall–Kier alpha value is -3.98. The first-order valence-corrected chi connectivity index (χ1v) is 9.43. The van der Waals surface area contributed by atoms with E-state index in [2.05, 4.69) is 34.9 Å². The molecule has 0 aliphatic carbocycles. The molecule has 0 bridgehead atoms. The average molecular weight is 375 g/mol. The normalized spacial score (nSPS) is 11.0. The van der Waals surface area contributed by atoms with Gasteiger partial charge in [-0.3, -0.25) is 9.59 Å². The molecule has 0 amide bonds. The Kier molecular flexibility index (Phi) is 4.07. The summed E-state index contributed by atoms with van der Waals surface area (Å²) in [6.45, 7) is 0. The number of aromatic nitrogens is 1. The van der Waals surface area contributed by atoms with Gasteiger partial charge in [0.1, 0.15) is 12.6 Å². The van der Waals surface area contributed by atoms with Gasteiger partial charge in [-0.05, 0) is 53.6 Å². The number of carbonyl (C=O) groups is 2. The van der Waals surface area contributed by atoms with Crippen LogP contribution in [0.1, 0.15) is 20.7 Å². The van der Waals surface area contributed by atoms with Crippen molar-refractivity contribution in [1.29, 1.82) is 0 Å². The molecule has 0 radical (unpaired) electrons. The second-order valence-electron chi connectivity index (χ2n) is 7.03. The largest absolute Gasteiger partial charge is 0.309 e. The minimum atomic E-state index is 0.663. The molecule has 0 aliphatic rings. The lowest BCUT2D eigenvalue weighted by Crippen LogP contribution is -1.94. The number of para-hydroxylation sites is 1. The zero-order chi connectivity index (χ0) is 19.8. The van der Waals surface area contributed by atoms with E-state index in [4.69, 9.17) is 0 Å². The maximum Gasteiger partial charge on any atom is 0.150 e. The van der Waals surface area contributed by atoms with E-state index in [0.29, 0.717) is 11.1 Å². The summed E-state index contributed by atoms with van der Waals surface area (Å²) in [5.74, 6) is 0. The van der Waals surface area contributed by atoms with Crippen LogP contribution < -0.4 is 0 Å². The highest BCUT2D eigenvalue weighted by molar-refractivity contribution is 6.10. The molecule has 1 aromatic heterocycles. The Balaban J connectivity index is 1.75. The fourth-order valence-corrected chi connectivity index (χ4v) is 3.89. The van der Waals surface area contributed by atoms with Crippen molar-refractivity contribution in [3.05, 3.63) is 102 Å². The molecule has 0 atom stereocenters. The van der Waals surface area contributed by atoms with Gasteiger partial charge in [-0.1, -0.05) is 48.5 Å². The van der Waals surface area contributed by atoms with Gasteiger partial charge >= 0.3 is 0 Å². The molecule has 1 heterocycles. The zero-order valence-corrected chi connectivity index (χ0v) is 15.6. The third-order valence-corrected chi connectivity index (χ3v) is 5.34. The molecule has 29 heavy (non-hydrogen) atoms. The number of hydrogen-bond acceptors (Lipinski definition) is 2. The first kappa shape index (κ1) is 17.1. The highest BCUT2D eigenvalue weighted by Crippen LogP contribution is 2.34. The molecule has 4 aromatic carbocycles. The van der Waals surface area contributed by atoms with Crippen LogP contribution in [0.25, 0.3) is 38.6 Å². The van der Waals surface area contributed by atoms with E-state index in [9.17, 15) is 9.59 Å². The maximum absolute atomic E-state index is 11.0. The molecule has 5 rings (SSSR count). The number of hydrogen-bond donors (Lipinski definition) is 0. The van der Waals surface area contributed by atoms with Crippen LogP contribution in [-0.4, -0.2) is 17.1 Å². The molecule has 138 valence electrons. The summed E-state index contributed by atoms with van der Waals surface area (Å²) >= 11 is 0. The number of carbonyl (C=O) groups excluding carboxylic acids is 2. The van der Waals surface area contributed by atoms with Crippen LogP contribution in [0.2, 0.25) is 0 Å². The SMILES string of the molecule is O=Cc1ccc(-c2ccc3c(c2)c2ccccc2n3-c2ccc(C=O)cc2)cc1. The van der Waals surface area contributed by atoms with Gasteiger partial charge in [-0.2, -0.15) is 0 Å². The standard InChI is InChI=1S/C26H17NO2/c28-16-18-5-9-20(10-6-18)21-11-14-26-24(15-21)23-3-1-2-4-25(23)27(26)22-12-7-19(17-29)8-13-22/h1-17H. The summed E-state index contributed by atoms with van der Waals surface area (Å²) in [6, 6.07) is 30.0. The minimum absolute atomic E-state index is 0.663. The van der Waals surface area contributed by atoms with Crippen LogP contribution in [0, 0.1) is 0 Å². The number of fused-ring (bicyclic) bond motifs is 3. The van der Waals surface area contributed by atoms with Gasteiger partial charge in [0.05, 0.1) is 11.0 Å². The molecule has 0 saturated carbocycles. The predicted octanol–water partition coefficient (Wildman–Crippen LogP) is 6.08. The topological polar surface area (TPSA) is 39.1 Å². The lowest BCUT2D eigenvalue weighted by molar-refractivity contribution is 0.111. The fourth-order valence-electron chi connectivity index (χ4n) is 3.89. The van der Waals surface area contributed by atoms with Crippen molar-refractivity contribution < 1.29 is 9.59 Å². The lowest BCUT2D eigenvalue weighted by Gasteiger charge is -2.08. The maximum atomic E-state index is 11.0. The molecule has 3 nitrogen and oxygen atoms in total. The number of nitrogens with zero attached hydrogens (tertiary/aromatic N) is 1. The molecule has 0 fully saturated rings. The summed E-state index contributed by atoms with van der Waals surface area (Å²) in [6.07, 6.45) is 1.72. The molecule has 5 aromatic rings. The first-order chi connectivity index (χ1) is 14.3.